The van der Waals surface area contributed by atoms with E-state index >= 15 is 0 Å². The first kappa shape index (κ1) is 14.4. The minimum Gasteiger partial charge on any atom is -0.393 e. The van der Waals surface area contributed by atoms with Crippen molar-refractivity contribution in [3.63, 3.8) is 0 Å². The number of amides is 1. The molecule has 92 valence electrons. The van der Waals surface area contributed by atoms with Crippen molar-refractivity contribution in [3.05, 3.63) is 33.4 Å². The predicted molar refractivity (Wildman–Crippen MR) is 82.1 cm³/mol. The van der Waals surface area contributed by atoms with Crippen LogP contribution >= 0.6 is 34.8 Å². The van der Waals surface area contributed by atoms with E-state index < -0.39 is 0 Å². The van der Waals surface area contributed by atoms with Crippen LogP contribution in [0.4, 0.5) is 0 Å². The van der Waals surface area contributed by atoms with Crippen molar-refractivity contribution in [1.82, 2.24) is 5.32 Å². The van der Waals surface area contributed by atoms with Gasteiger partial charge in [-0.1, -0.05) is 19.1 Å². The number of nitrogens with one attached hydrogen (secondary N) is 1. The molecule has 0 aliphatic rings. The smallest absolute Gasteiger partial charge is 0.251 e. The van der Waals surface area contributed by atoms with E-state index in [9.17, 15) is 4.79 Å². The lowest BCUT2D eigenvalue weighted by Crippen LogP contribution is -2.37. The molecule has 3 nitrogen and oxygen atoms in total. The van der Waals surface area contributed by atoms with Crippen LogP contribution in [0.1, 0.15) is 30.1 Å². The predicted octanol–water partition coefficient (Wildman–Crippen LogP) is 2.48. The lowest BCUT2D eigenvalue weighted by Gasteiger charge is -2.16. The molecule has 0 bridgehead atoms. The molecule has 0 saturated heterocycles. The van der Waals surface area contributed by atoms with Crippen molar-refractivity contribution in [2.75, 3.05) is 0 Å². The second-order valence-electron chi connectivity index (χ2n) is 3.76. The zero-order chi connectivity index (χ0) is 12.8. The number of rotatable bonds is 5. The standard InChI is InChI=1S/C12H15IN2OS/c1-2-10(7-11(14)17)15-12(16)8-3-5-9(13)6-4-8/h3-6,10H,2,7H2,1H3,(H2,14,17)(H,15,16). The summed E-state index contributed by atoms with van der Waals surface area (Å²) in [6, 6.07) is 7.45. The van der Waals surface area contributed by atoms with Gasteiger partial charge in [-0.2, -0.15) is 0 Å². The Morgan fingerprint density at radius 1 is 1.47 bits per heavy atom. The molecule has 5 heteroatoms. The molecule has 0 aromatic heterocycles. The third kappa shape index (κ3) is 4.99. The Morgan fingerprint density at radius 3 is 2.53 bits per heavy atom. The number of hydrogen-bond donors (Lipinski definition) is 2. The largest absolute Gasteiger partial charge is 0.393 e. The molecule has 0 radical (unpaired) electrons. The zero-order valence-corrected chi connectivity index (χ0v) is 12.5. The third-order valence-corrected chi connectivity index (χ3v) is 3.27. The Balaban J connectivity index is 2.64. The molecule has 1 aromatic rings. The van der Waals surface area contributed by atoms with Gasteiger partial charge in [-0.15, -0.1) is 0 Å². The minimum atomic E-state index is -0.0792. The van der Waals surface area contributed by atoms with Crippen LogP contribution in [-0.2, 0) is 0 Å². The highest BCUT2D eigenvalue weighted by Gasteiger charge is 2.12. The molecule has 0 aliphatic heterocycles. The SMILES string of the molecule is CCC(CC(N)=S)NC(=O)c1ccc(I)cc1. The first-order valence-corrected chi connectivity index (χ1v) is 6.86. The van der Waals surface area contributed by atoms with Gasteiger partial charge in [0.2, 0.25) is 0 Å². The van der Waals surface area contributed by atoms with Gasteiger partial charge in [0.05, 0.1) is 4.99 Å². The lowest BCUT2D eigenvalue weighted by atomic mass is 10.1. The van der Waals surface area contributed by atoms with E-state index in [2.05, 4.69) is 27.9 Å². The van der Waals surface area contributed by atoms with Gasteiger partial charge in [0.15, 0.2) is 0 Å². The summed E-state index contributed by atoms with van der Waals surface area (Å²) >= 11 is 7.05. The van der Waals surface area contributed by atoms with E-state index in [4.69, 9.17) is 18.0 Å². The number of carbonyl (C=O) groups excluding carboxylic acids is 1. The van der Waals surface area contributed by atoms with E-state index in [1.807, 2.05) is 31.2 Å². The average Bonchev–Trinajstić information content (AvgIpc) is 2.28. The summed E-state index contributed by atoms with van der Waals surface area (Å²) in [5, 5.41) is 2.92. The van der Waals surface area contributed by atoms with Crippen molar-refractivity contribution in [1.29, 1.82) is 0 Å². The van der Waals surface area contributed by atoms with Crippen molar-refractivity contribution >= 4 is 45.7 Å². The molecule has 1 aromatic carbocycles. The maximum absolute atomic E-state index is 11.9. The van der Waals surface area contributed by atoms with Crippen molar-refractivity contribution in [2.24, 2.45) is 5.73 Å². The molecule has 17 heavy (non-hydrogen) atoms. The van der Waals surface area contributed by atoms with Gasteiger partial charge in [-0.25, -0.2) is 0 Å². The molecule has 1 amide bonds. The minimum absolute atomic E-state index is 0.0132. The van der Waals surface area contributed by atoms with E-state index in [-0.39, 0.29) is 11.9 Å². The van der Waals surface area contributed by atoms with Crippen molar-refractivity contribution in [3.8, 4) is 0 Å². The molecular weight excluding hydrogens is 347 g/mol. The normalized spacial score (nSPS) is 11.9. The Kier molecular flexibility index (Phi) is 5.84. The first-order chi connectivity index (χ1) is 8.02. The van der Waals surface area contributed by atoms with Gasteiger partial charge < -0.3 is 11.1 Å². The number of hydrogen-bond acceptors (Lipinski definition) is 2. The second-order valence-corrected chi connectivity index (χ2v) is 5.53. The molecule has 0 saturated carbocycles. The van der Waals surface area contributed by atoms with Gasteiger partial charge >= 0.3 is 0 Å². The van der Waals surface area contributed by atoms with Crippen LogP contribution in [-0.4, -0.2) is 16.9 Å². The van der Waals surface area contributed by atoms with Crippen LogP contribution in [0.3, 0.4) is 0 Å². The monoisotopic (exact) mass is 362 g/mol. The van der Waals surface area contributed by atoms with Crippen molar-refractivity contribution < 1.29 is 4.79 Å². The average molecular weight is 362 g/mol. The van der Waals surface area contributed by atoms with Crippen LogP contribution < -0.4 is 11.1 Å². The van der Waals surface area contributed by atoms with Crippen LogP contribution in [0, 0.1) is 3.57 Å². The molecule has 0 spiro atoms. The maximum atomic E-state index is 11.9. The van der Waals surface area contributed by atoms with E-state index in [0.717, 1.165) is 9.99 Å². The molecule has 1 atom stereocenters. The fraction of sp³-hybridized carbons (Fsp3) is 0.333. The van der Waals surface area contributed by atoms with Crippen LogP contribution in [0.15, 0.2) is 24.3 Å². The Morgan fingerprint density at radius 2 is 2.06 bits per heavy atom. The summed E-state index contributed by atoms with van der Waals surface area (Å²) in [5.41, 5.74) is 6.14. The summed E-state index contributed by atoms with van der Waals surface area (Å²) in [5.74, 6) is -0.0792. The summed E-state index contributed by atoms with van der Waals surface area (Å²) in [7, 11) is 0. The Hall–Kier alpha value is -0.690. The van der Waals surface area contributed by atoms with Gasteiger partial charge in [0, 0.05) is 21.6 Å². The second kappa shape index (κ2) is 6.90. The van der Waals surface area contributed by atoms with Crippen molar-refractivity contribution in [2.45, 2.75) is 25.8 Å². The molecule has 0 fully saturated rings. The van der Waals surface area contributed by atoms with Crippen LogP contribution in [0.25, 0.3) is 0 Å². The highest BCUT2D eigenvalue weighted by Crippen LogP contribution is 2.08. The number of nitrogens with two attached hydrogens (primary N) is 1. The molecule has 1 rings (SSSR count). The number of halogens is 1. The summed E-state index contributed by atoms with van der Waals surface area (Å²) < 4.78 is 1.11. The quantitative estimate of drug-likeness (QED) is 0.625. The van der Waals surface area contributed by atoms with Gasteiger partial charge in [0.1, 0.15) is 0 Å². The maximum Gasteiger partial charge on any atom is 0.251 e. The fourth-order valence-electron chi connectivity index (χ4n) is 1.41. The highest BCUT2D eigenvalue weighted by atomic mass is 127. The molecule has 1 unspecified atom stereocenters. The van der Waals surface area contributed by atoms with E-state index in [0.29, 0.717) is 17.0 Å². The van der Waals surface area contributed by atoms with E-state index in [1.165, 1.54) is 0 Å². The van der Waals surface area contributed by atoms with Gasteiger partial charge in [-0.05, 0) is 53.3 Å². The Labute approximate surface area is 120 Å². The molecule has 3 N–H and O–H groups in total. The lowest BCUT2D eigenvalue weighted by molar-refractivity contribution is 0.0937. The van der Waals surface area contributed by atoms with Crippen LogP contribution in [0.5, 0.6) is 0 Å². The zero-order valence-electron chi connectivity index (χ0n) is 9.57. The molecule has 0 heterocycles. The topological polar surface area (TPSA) is 55.1 Å². The van der Waals surface area contributed by atoms with Crippen LogP contribution in [0.2, 0.25) is 0 Å². The summed E-state index contributed by atoms with van der Waals surface area (Å²) in [6.45, 7) is 2.00. The highest BCUT2D eigenvalue weighted by molar-refractivity contribution is 14.1. The Bertz CT molecular complexity index is 405. The number of carbonyl (C=O) groups is 1. The van der Waals surface area contributed by atoms with E-state index in [1.54, 1.807) is 0 Å². The van der Waals surface area contributed by atoms with Gasteiger partial charge in [-0.3, -0.25) is 4.79 Å². The number of benzene rings is 1. The number of thiocarbonyl (C=S) groups is 1. The third-order valence-electron chi connectivity index (χ3n) is 2.38. The molecular formula is C12H15IN2OS. The summed E-state index contributed by atoms with van der Waals surface area (Å²) in [4.78, 5) is 12.3. The summed E-state index contributed by atoms with van der Waals surface area (Å²) in [6.07, 6.45) is 1.36. The molecule has 0 aliphatic carbocycles. The first-order valence-electron chi connectivity index (χ1n) is 5.37. The van der Waals surface area contributed by atoms with Gasteiger partial charge in [0.25, 0.3) is 5.91 Å². The fourth-order valence-corrected chi connectivity index (χ4v) is 1.97.